The molecule has 0 bridgehead atoms. The van der Waals surface area contributed by atoms with Gasteiger partial charge in [-0.05, 0) is 12.8 Å². The highest BCUT2D eigenvalue weighted by atomic mass is 16.4. The molecule has 0 spiro atoms. The van der Waals surface area contributed by atoms with Gasteiger partial charge in [-0.15, -0.1) is 0 Å². The molecule has 0 radical (unpaired) electrons. The van der Waals surface area contributed by atoms with E-state index >= 15 is 0 Å². The molecule has 0 aliphatic carbocycles. The summed E-state index contributed by atoms with van der Waals surface area (Å²) in [5.74, 6) is -1.60. The molecule has 2 atom stereocenters. The van der Waals surface area contributed by atoms with Crippen LogP contribution in [0.4, 0.5) is 0 Å². The molecule has 3 heteroatoms. The lowest BCUT2D eigenvalue weighted by atomic mass is 9.95. The van der Waals surface area contributed by atoms with Crippen molar-refractivity contribution in [3.63, 3.8) is 0 Å². The molecule has 0 aromatic carbocycles. The smallest absolute Gasteiger partial charge is 0.308 e. The topological polar surface area (TPSA) is 57.5 Å². The first-order valence-electron chi connectivity index (χ1n) is 3.37. The average molecular weight is 146 g/mol. The Kier molecular flexibility index (Phi) is 3.36. The van der Waals surface area contributed by atoms with Gasteiger partial charge in [0.1, 0.15) is 0 Å². The van der Waals surface area contributed by atoms with Gasteiger partial charge in [0.05, 0.1) is 12.0 Å². The quantitative estimate of drug-likeness (QED) is 0.617. The van der Waals surface area contributed by atoms with Gasteiger partial charge in [-0.1, -0.05) is 13.8 Å². The van der Waals surface area contributed by atoms with E-state index in [2.05, 4.69) is 0 Å². The van der Waals surface area contributed by atoms with Crippen LogP contribution in [-0.4, -0.2) is 22.3 Å². The van der Waals surface area contributed by atoms with Gasteiger partial charge in [0.25, 0.3) is 0 Å². The van der Waals surface area contributed by atoms with Crippen LogP contribution in [0.15, 0.2) is 0 Å². The van der Waals surface area contributed by atoms with Gasteiger partial charge in [-0.3, -0.25) is 4.79 Å². The second kappa shape index (κ2) is 3.56. The normalized spacial score (nSPS) is 16.9. The Hall–Kier alpha value is -0.570. The zero-order chi connectivity index (χ0) is 8.31. The summed E-state index contributed by atoms with van der Waals surface area (Å²) in [4.78, 5) is 10.3. The molecule has 0 saturated heterocycles. The van der Waals surface area contributed by atoms with E-state index in [0.29, 0.717) is 0 Å². The number of aliphatic carboxylic acids is 1. The molecule has 2 N–H and O–H groups in total. The first-order valence-corrected chi connectivity index (χ1v) is 3.37. The van der Waals surface area contributed by atoms with E-state index in [1.165, 1.54) is 6.92 Å². The second-order valence-electron chi connectivity index (χ2n) is 2.86. The van der Waals surface area contributed by atoms with Gasteiger partial charge in [0, 0.05) is 0 Å². The fourth-order valence-electron chi connectivity index (χ4n) is 0.723. The Balaban J connectivity index is 3.94. The molecule has 0 aliphatic rings. The van der Waals surface area contributed by atoms with Crippen molar-refractivity contribution in [2.24, 2.45) is 11.8 Å². The first kappa shape index (κ1) is 9.43. The zero-order valence-electron chi connectivity index (χ0n) is 6.53. The van der Waals surface area contributed by atoms with Crippen LogP contribution >= 0.6 is 0 Å². The van der Waals surface area contributed by atoms with Gasteiger partial charge in [0.15, 0.2) is 0 Å². The Morgan fingerprint density at radius 1 is 1.30 bits per heavy atom. The van der Waals surface area contributed by atoms with Crippen LogP contribution in [0.2, 0.25) is 0 Å². The lowest BCUT2D eigenvalue weighted by Gasteiger charge is -2.17. The average Bonchev–Trinajstić information content (AvgIpc) is 1.84. The standard InChI is InChI=1S/C7H14O3/c1-4(2)6(8)5(3)7(9)10/h4-6,8H,1-3H3,(H,9,10)/t5-,6-/m0/s1. The molecule has 3 nitrogen and oxygen atoms in total. The van der Waals surface area contributed by atoms with Crippen LogP contribution in [0.1, 0.15) is 20.8 Å². The van der Waals surface area contributed by atoms with Crippen molar-refractivity contribution in [1.29, 1.82) is 0 Å². The third-order valence-corrected chi connectivity index (χ3v) is 1.58. The van der Waals surface area contributed by atoms with Gasteiger partial charge in [0.2, 0.25) is 0 Å². The summed E-state index contributed by atoms with van der Waals surface area (Å²) < 4.78 is 0. The fourth-order valence-corrected chi connectivity index (χ4v) is 0.723. The second-order valence-corrected chi connectivity index (χ2v) is 2.86. The van der Waals surface area contributed by atoms with Crippen LogP contribution < -0.4 is 0 Å². The highest BCUT2D eigenvalue weighted by Crippen LogP contribution is 2.11. The van der Waals surface area contributed by atoms with Crippen molar-refractivity contribution in [2.45, 2.75) is 26.9 Å². The Labute approximate surface area is 60.7 Å². The fraction of sp³-hybridized carbons (Fsp3) is 0.857. The number of carboxylic acid groups (broad SMARTS) is 1. The van der Waals surface area contributed by atoms with E-state index in [-0.39, 0.29) is 5.92 Å². The van der Waals surface area contributed by atoms with Gasteiger partial charge >= 0.3 is 5.97 Å². The van der Waals surface area contributed by atoms with Crippen molar-refractivity contribution in [2.75, 3.05) is 0 Å². The molecular weight excluding hydrogens is 132 g/mol. The van der Waals surface area contributed by atoms with Crippen LogP contribution in [0, 0.1) is 11.8 Å². The summed E-state index contributed by atoms with van der Waals surface area (Å²) >= 11 is 0. The number of hydrogen-bond donors (Lipinski definition) is 2. The van der Waals surface area contributed by atoms with Crippen molar-refractivity contribution in [3.05, 3.63) is 0 Å². The SMILES string of the molecule is CC(C)[C@H](O)[C@H](C)C(=O)O. The highest BCUT2D eigenvalue weighted by molar-refractivity contribution is 5.70. The molecule has 0 rings (SSSR count). The van der Waals surface area contributed by atoms with E-state index in [9.17, 15) is 9.90 Å². The number of carboxylic acids is 1. The summed E-state index contributed by atoms with van der Waals surface area (Å²) in [6.07, 6.45) is -0.738. The molecule has 0 aliphatic heterocycles. The summed E-state index contributed by atoms with van der Waals surface area (Å²) in [6.45, 7) is 5.10. The third-order valence-electron chi connectivity index (χ3n) is 1.58. The first-order chi connectivity index (χ1) is 4.46. The van der Waals surface area contributed by atoms with Crippen molar-refractivity contribution in [1.82, 2.24) is 0 Å². The summed E-state index contributed by atoms with van der Waals surface area (Å²) in [5.41, 5.74) is 0. The third kappa shape index (κ3) is 2.35. The van der Waals surface area contributed by atoms with Crippen LogP contribution in [0.5, 0.6) is 0 Å². The summed E-state index contributed by atoms with van der Waals surface area (Å²) in [5, 5.41) is 17.6. The van der Waals surface area contributed by atoms with Gasteiger partial charge in [-0.2, -0.15) is 0 Å². The van der Waals surface area contributed by atoms with Crippen molar-refractivity contribution in [3.8, 4) is 0 Å². The van der Waals surface area contributed by atoms with E-state index in [1.54, 1.807) is 13.8 Å². The maximum Gasteiger partial charge on any atom is 0.308 e. The Morgan fingerprint density at radius 2 is 1.70 bits per heavy atom. The lowest BCUT2D eigenvalue weighted by Crippen LogP contribution is -2.29. The molecule has 0 saturated carbocycles. The van der Waals surface area contributed by atoms with Gasteiger partial charge < -0.3 is 10.2 Å². The van der Waals surface area contributed by atoms with Crippen LogP contribution in [0.3, 0.4) is 0 Å². The maximum absolute atomic E-state index is 10.3. The van der Waals surface area contributed by atoms with E-state index in [1.807, 2.05) is 0 Å². The summed E-state index contributed by atoms with van der Waals surface area (Å²) in [6, 6.07) is 0. The molecule has 0 heterocycles. The monoisotopic (exact) mass is 146 g/mol. The minimum atomic E-state index is -0.943. The molecule has 0 fully saturated rings. The van der Waals surface area contributed by atoms with Crippen molar-refractivity contribution < 1.29 is 15.0 Å². The number of rotatable bonds is 3. The largest absolute Gasteiger partial charge is 0.481 e. The number of aliphatic hydroxyl groups excluding tert-OH is 1. The number of carbonyl (C=O) groups is 1. The number of aliphatic hydroxyl groups is 1. The van der Waals surface area contributed by atoms with Crippen LogP contribution in [0.25, 0.3) is 0 Å². The van der Waals surface area contributed by atoms with E-state index < -0.39 is 18.0 Å². The molecule has 0 unspecified atom stereocenters. The van der Waals surface area contributed by atoms with Crippen molar-refractivity contribution >= 4 is 5.97 Å². The number of hydrogen-bond acceptors (Lipinski definition) is 2. The minimum absolute atomic E-state index is 0.00565. The van der Waals surface area contributed by atoms with E-state index in [4.69, 9.17) is 5.11 Å². The predicted molar refractivity (Wildman–Crippen MR) is 37.6 cm³/mol. The Morgan fingerprint density at radius 3 is 1.80 bits per heavy atom. The maximum atomic E-state index is 10.3. The molecular formula is C7H14O3. The molecule has 60 valence electrons. The van der Waals surface area contributed by atoms with Crippen LogP contribution in [-0.2, 0) is 4.79 Å². The van der Waals surface area contributed by atoms with E-state index in [0.717, 1.165) is 0 Å². The minimum Gasteiger partial charge on any atom is -0.481 e. The predicted octanol–water partition coefficient (Wildman–Crippen LogP) is 0.724. The molecule has 0 amide bonds. The molecule has 0 aromatic rings. The molecule has 10 heavy (non-hydrogen) atoms. The Bertz CT molecular complexity index is 120. The zero-order valence-corrected chi connectivity index (χ0v) is 6.53. The summed E-state index contributed by atoms with van der Waals surface area (Å²) in [7, 11) is 0. The molecule has 0 aromatic heterocycles. The van der Waals surface area contributed by atoms with Gasteiger partial charge in [-0.25, -0.2) is 0 Å². The highest BCUT2D eigenvalue weighted by Gasteiger charge is 2.23. The lowest BCUT2D eigenvalue weighted by molar-refractivity contribution is -0.145.